The Morgan fingerprint density at radius 3 is 2.23 bits per heavy atom. The summed E-state index contributed by atoms with van der Waals surface area (Å²) < 4.78 is 33.4. The van der Waals surface area contributed by atoms with Crippen LogP contribution in [0.1, 0.15) is 17.0 Å². The SMILES string of the molecule is NC1=C(S(=O)(=O)c2ccccc2)C(c2ccccc2Cl)c2ccc3ccccc3c2O1. The Labute approximate surface area is 185 Å². The zero-order chi connectivity index (χ0) is 21.6. The monoisotopic (exact) mass is 447 g/mol. The van der Waals surface area contributed by atoms with Crippen molar-refractivity contribution in [2.24, 2.45) is 5.73 Å². The number of ether oxygens (including phenoxy) is 1. The molecular formula is C25H18ClNO3S. The number of hydrogen-bond acceptors (Lipinski definition) is 4. The van der Waals surface area contributed by atoms with Crippen LogP contribution in [0.3, 0.4) is 0 Å². The van der Waals surface area contributed by atoms with Gasteiger partial charge < -0.3 is 10.5 Å². The first-order chi connectivity index (χ1) is 15.0. The second-order valence-corrected chi connectivity index (χ2v) is 9.63. The van der Waals surface area contributed by atoms with Gasteiger partial charge >= 0.3 is 0 Å². The molecule has 0 radical (unpaired) electrons. The molecule has 0 spiro atoms. The minimum atomic E-state index is -3.95. The van der Waals surface area contributed by atoms with Crippen molar-refractivity contribution in [1.82, 2.24) is 0 Å². The van der Waals surface area contributed by atoms with Crippen LogP contribution in [-0.4, -0.2) is 8.42 Å². The largest absolute Gasteiger partial charge is 0.440 e. The first-order valence-electron chi connectivity index (χ1n) is 9.72. The van der Waals surface area contributed by atoms with E-state index in [0.717, 1.165) is 10.8 Å². The fourth-order valence-electron chi connectivity index (χ4n) is 4.08. The highest BCUT2D eigenvalue weighted by molar-refractivity contribution is 7.95. The highest BCUT2D eigenvalue weighted by Crippen LogP contribution is 2.49. The van der Waals surface area contributed by atoms with Crippen LogP contribution < -0.4 is 10.5 Å². The van der Waals surface area contributed by atoms with Gasteiger partial charge in [0.1, 0.15) is 10.7 Å². The third-order valence-corrected chi connectivity index (χ3v) is 7.75. The molecule has 0 saturated heterocycles. The molecule has 1 aliphatic rings. The molecule has 5 rings (SSSR count). The van der Waals surface area contributed by atoms with Gasteiger partial charge in [-0.05, 0) is 29.1 Å². The van der Waals surface area contributed by atoms with Gasteiger partial charge in [-0.1, -0.05) is 84.4 Å². The van der Waals surface area contributed by atoms with Crippen LogP contribution in [-0.2, 0) is 9.84 Å². The van der Waals surface area contributed by atoms with Crippen molar-refractivity contribution >= 4 is 32.2 Å². The van der Waals surface area contributed by atoms with Crippen molar-refractivity contribution in [3.8, 4) is 5.75 Å². The van der Waals surface area contributed by atoms with Crippen LogP contribution in [0, 0.1) is 0 Å². The van der Waals surface area contributed by atoms with Crippen LogP contribution in [0.2, 0.25) is 5.02 Å². The van der Waals surface area contributed by atoms with Crippen LogP contribution >= 0.6 is 11.6 Å². The van der Waals surface area contributed by atoms with E-state index in [1.165, 1.54) is 0 Å². The van der Waals surface area contributed by atoms with E-state index < -0.39 is 15.8 Å². The molecule has 1 heterocycles. The summed E-state index contributed by atoms with van der Waals surface area (Å²) in [6.07, 6.45) is 0. The number of rotatable bonds is 3. The quantitative estimate of drug-likeness (QED) is 0.442. The summed E-state index contributed by atoms with van der Waals surface area (Å²) in [5.74, 6) is -0.294. The normalized spacial score (nSPS) is 16.1. The lowest BCUT2D eigenvalue weighted by Gasteiger charge is -2.30. The third kappa shape index (κ3) is 3.17. The molecule has 1 atom stereocenters. The van der Waals surface area contributed by atoms with E-state index in [1.807, 2.05) is 54.6 Å². The van der Waals surface area contributed by atoms with Gasteiger partial charge in [0, 0.05) is 16.0 Å². The number of fused-ring (bicyclic) bond motifs is 3. The Balaban J connectivity index is 1.84. The van der Waals surface area contributed by atoms with Crippen molar-refractivity contribution in [3.63, 3.8) is 0 Å². The lowest BCUT2D eigenvalue weighted by Crippen LogP contribution is -2.26. The molecule has 2 N–H and O–H groups in total. The van der Waals surface area contributed by atoms with Gasteiger partial charge in [0.2, 0.25) is 15.7 Å². The number of halogens is 1. The summed E-state index contributed by atoms with van der Waals surface area (Å²) in [6, 6.07) is 27.0. The molecule has 0 aliphatic carbocycles. The molecule has 0 aromatic heterocycles. The van der Waals surface area contributed by atoms with Crippen molar-refractivity contribution in [1.29, 1.82) is 0 Å². The second kappa shape index (κ2) is 7.45. The molecular weight excluding hydrogens is 430 g/mol. The van der Waals surface area contributed by atoms with E-state index in [-0.39, 0.29) is 15.7 Å². The van der Waals surface area contributed by atoms with E-state index in [2.05, 4.69) is 0 Å². The van der Waals surface area contributed by atoms with Crippen molar-refractivity contribution in [2.45, 2.75) is 10.8 Å². The minimum absolute atomic E-state index is 0.00502. The molecule has 6 heteroatoms. The number of allylic oxidation sites excluding steroid dienone is 1. The molecule has 0 saturated carbocycles. The first kappa shape index (κ1) is 19.7. The summed E-state index contributed by atoms with van der Waals surface area (Å²) in [7, 11) is -3.95. The fourth-order valence-corrected chi connectivity index (χ4v) is 5.96. The summed E-state index contributed by atoms with van der Waals surface area (Å²) in [5.41, 5.74) is 7.68. The molecule has 1 unspecified atom stereocenters. The molecule has 4 nitrogen and oxygen atoms in total. The Kier molecular flexibility index (Phi) is 4.73. The first-order valence-corrected chi connectivity index (χ1v) is 11.6. The zero-order valence-electron chi connectivity index (χ0n) is 16.3. The van der Waals surface area contributed by atoms with Crippen LogP contribution in [0.5, 0.6) is 5.75 Å². The van der Waals surface area contributed by atoms with Gasteiger partial charge in [-0.3, -0.25) is 0 Å². The van der Waals surface area contributed by atoms with E-state index in [1.54, 1.807) is 36.4 Å². The highest BCUT2D eigenvalue weighted by atomic mass is 35.5. The van der Waals surface area contributed by atoms with Crippen LogP contribution in [0.25, 0.3) is 10.8 Å². The van der Waals surface area contributed by atoms with Gasteiger partial charge in [-0.25, -0.2) is 8.42 Å². The number of hydrogen-bond donors (Lipinski definition) is 1. The number of benzene rings is 4. The molecule has 4 aromatic carbocycles. The summed E-state index contributed by atoms with van der Waals surface area (Å²) in [5, 5.41) is 2.29. The molecule has 0 amide bonds. The maximum Gasteiger partial charge on any atom is 0.208 e. The molecule has 1 aliphatic heterocycles. The fraction of sp³-hybridized carbons (Fsp3) is 0.0400. The zero-order valence-corrected chi connectivity index (χ0v) is 17.9. The van der Waals surface area contributed by atoms with Crippen LogP contribution in [0.15, 0.2) is 107 Å². The van der Waals surface area contributed by atoms with E-state index in [0.29, 0.717) is 21.9 Å². The Morgan fingerprint density at radius 2 is 1.45 bits per heavy atom. The second-order valence-electron chi connectivity index (χ2n) is 7.31. The smallest absolute Gasteiger partial charge is 0.208 e. The van der Waals surface area contributed by atoms with E-state index in [9.17, 15) is 8.42 Å². The average molecular weight is 448 g/mol. The highest BCUT2D eigenvalue weighted by Gasteiger charge is 2.40. The van der Waals surface area contributed by atoms with E-state index >= 15 is 0 Å². The predicted octanol–water partition coefficient (Wildman–Crippen LogP) is 5.62. The van der Waals surface area contributed by atoms with Gasteiger partial charge in [0.05, 0.1) is 10.8 Å². The minimum Gasteiger partial charge on any atom is -0.440 e. The average Bonchev–Trinajstić information content (AvgIpc) is 2.79. The summed E-state index contributed by atoms with van der Waals surface area (Å²) >= 11 is 6.55. The Hall–Kier alpha value is -3.28. The van der Waals surface area contributed by atoms with Gasteiger partial charge in [-0.15, -0.1) is 0 Å². The molecule has 0 fully saturated rings. The Morgan fingerprint density at radius 1 is 0.774 bits per heavy atom. The molecule has 31 heavy (non-hydrogen) atoms. The maximum atomic E-state index is 13.7. The molecule has 154 valence electrons. The number of nitrogens with two attached hydrogens (primary N) is 1. The van der Waals surface area contributed by atoms with Crippen molar-refractivity contribution in [2.75, 3.05) is 0 Å². The van der Waals surface area contributed by atoms with E-state index in [4.69, 9.17) is 22.1 Å². The lowest BCUT2D eigenvalue weighted by molar-refractivity contribution is 0.399. The van der Waals surface area contributed by atoms with Gasteiger partial charge in [-0.2, -0.15) is 0 Å². The van der Waals surface area contributed by atoms with Crippen LogP contribution in [0.4, 0.5) is 0 Å². The van der Waals surface area contributed by atoms with Gasteiger partial charge in [0.25, 0.3) is 0 Å². The lowest BCUT2D eigenvalue weighted by atomic mass is 9.87. The van der Waals surface area contributed by atoms with Crippen molar-refractivity contribution < 1.29 is 13.2 Å². The summed E-state index contributed by atoms with van der Waals surface area (Å²) in [6.45, 7) is 0. The maximum absolute atomic E-state index is 13.7. The number of sulfone groups is 1. The Bertz CT molecular complexity index is 1450. The van der Waals surface area contributed by atoms with Gasteiger partial charge in [0.15, 0.2) is 0 Å². The topological polar surface area (TPSA) is 69.4 Å². The molecule has 4 aromatic rings. The van der Waals surface area contributed by atoms with Crippen molar-refractivity contribution in [3.05, 3.63) is 118 Å². The standard InChI is InChI=1S/C25H18ClNO3S/c26-21-13-7-6-12-19(21)22-20-15-14-16-8-4-5-11-18(16)23(20)30-25(27)24(22)31(28,29)17-9-2-1-3-10-17/h1-15,22H,27H2. The third-order valence-electron chi connectivity index (χ3n) is 5.50. The predicted molar refractivity (Wildman–Crippen MR) is 123 cm³/mol. The summed E-state index contributed by atoms with van der Waals surface area (Å²) in [4.78, 5) is 0.146. The molecule has 0 bridgehead atoms.